The second-order valence-corrected chi connectivity index (χ2v) is 8.69. The molecule has 0 spiro atoms. The summed E-state index contributed by atoms with van der Waals surface area (Å²) in [6.45, 7) is 3.81. The smallest absolute Gasteiger partial charge is 0.229 e. The fourth-order valence-corrected chi connectivity index (χ4v) is 3.67. The Labute approximate surface area is 176 Å². The van der Waals surface area contributed by atoms with Crippen LogP contribution in [0.5, 0.6) is 5.75 Å². The number of ether oxygens (including phenoxy) is 1. The third-order valence-corrected chi connectivity index (χ3v) is 5.19. The first-order valence-corrected chi connectivity index (χ1v) is 11.5. The molecular formula is C20H26FN5O3S. The highest BCUT2D eigenvalue weighted by molar-refractivity contribution is 7.92. The Morgan fingerprint density at radius 3 is 2.33 bits per heavy atom. The van der Waals surface area contributed by atoms with Crippen LogP contribution in [0.25, 0.3) is 0 Å². The van der Waals surface area contributed by atoms with E-state index in [2.05, 4.69) is 14.6 Å². The van der Waals surface area contributed by atoms with Crippen molar-refractivity contribution in [2.24, 2.45) is 10.7 Å². The first-order valence-electron chi connectivity index (χ1n) is 9.56. The molecule has 162 valence electrons. The average molecular weight is 436 g/mol. The lowest BCUT2D eigenvalue weighted by atomic mass is 10.2. The number of hydrogen-bond donors (Lipinski definition) is 2. The molecule has 3 N–H and O–H groups in total. The molecule has 2 aromatic rings. The normalized spacial score (nSPS) is 15.2. The number of benzene rings is 2. The molecule has 0 bridgehead atoms. The van der Waals surface area contributed by atoms with E-state index in [0.29, 0.717) is 30.5 Å². The van der Waals surface area contributed by atoms with Gasteiger partial charge in [-0.05, 0) is 48.5 Å². The van der Waals surface area contributed by atoms with Crippen LogP contribution in [0.15, 0.2) is 53.5 Å². The van der Waals surface area contributed by atoms with Gasteiger partial charge in [0.05, 0.1) is 12.8 Å². The van der Waals surface area contributed by atoms with Crippen LogP contribution in [-0.4, -0.2) is 64.9 Å². The summed E-state index contributed by atoms with van der Waals surface area (Å²) in [5.74, 6) is 0.860. The summed E-state index contributed by atoms with van der Waals surface area (Å²) in [5.41, 5.74) is 7.57. The van der Waals surface area contributed by atoms with Crippen molar-refractivity contribution in [1.29, 1.82) is 0 Å². The van der Waals surface area contributed by atoms with Crippen LogP contribution in [0.4, 0.5) is 15.8 Å². The molecule has 30 heavy (non-hydrogen) atoms. The molecule has 1 aliphatic heterocycles. The Balaban J connectivity index is 1.41. The highest BCUT2D eigenvalue weighted by Crippen LogP contribution is 2.17. The van der Waals surface area contributed by atoms with Crippen LogP contribution in [0, 0.1) is 5.82 Å². The lowest BCUT2D eigenvalue weighted by Crippen LogP contribution is -2.51. The van der Waals surface area contributed by atoms with Gasteiger partial charge in [0.25, 0.3) is 0 Å². The van der Waals surface area contributed by atoms with Gasteiger partial charge >= 0.3 is 0 Å². The Hall–Kier alpha value is -3.01. The topological polar surface area (TPSA) is 100 Å². The molecule has 8 nitrogen and oxygen atoms in total. The third-order valence-electron chi connectivity index (χ3n) is 4.59. The van der Waals surface area contributed by atoms with Crippen LogP contribution in [0.3, 0.4) is 0 Å². The molecule has 2 aromatic carbocycles. The summed E-state index contributed by atoms with van der Waals surface area (Å²) < 4.78 is 43.5. The Morgan fingerprint density at radius 1 is 1.10 bits per heavy atom. The van der Waals surface area contributed by atoms with E-state index in [-0.39, 0.29) is 5.82 Å². The monoisotopic (exact) mass is 435 g/mol. The average Bonchev–Trinajstić information content (AvgIpc) is 2.72. The van der Waals surface area contributed by atoms with E-state index in [4.69, 9.17) is 10.5 Å². The van der Waals surface area contributed by atoms with Crippen LogP contribution in [-0.2, 0) is 10.0 Å². The first-order chi connectivity index (χ1) is 14.3. The van der Waals surface area contributed by atoms with Crippen LogP contribution >= 0.6 is 0 Å². The summed E-state index contributed by atoms with van der Waals surface area (Å²) in [4.78, 5) is 8.58. The minimum Gasteiger partial charge on any atom is -0.492 e. The fourth-order valence-electron chi connectivity index (χ4n) is 3.10. The number of guanidine groups is 1. The van der Waals surface area contributed by atoms with Crippen molar-refractivity contribution in [3.05, 3.63) is 54.3 Å². The van der Waals surface area contributed by atoms with E-state index >= 15 is 0 Å². The second kappa shape index (κ2) is 9.66. The summed E-state index contributed by atoms with van der Waals surface area (Å²) in [7, 11) is -3.30. The molecule has 1 heterocycles. The number of aliphatic imine (C=N–C) groups is 1. The van der Waals surface area contributed by atoms with Crippen molar-refractivity contribution >= 4 is 27.4 Å². The SMILES string of the molecule is CS(=O)(=O)Nc1ccc(OCCN=C(N)N2CCN(c3ccc(F)cc3)CC2)cc1. The maximum absolute atomic E-state index is 13.1. The first kappa shape index (κ1) is 21.7. The quantitative estimate of drug-likeness (QED) is 0.390. The van der Waals surface area contributed by atoms with E-state index in [0.717, 1.165) is 38.1 Å². The number of anilines is 2. The molecule has 0 atom stereocenters. The van der Waals surface area contributed by atoms with Crippen molar-refractivity contribution in [3.63, 3.8) is 0 Å². The molecule has 3 rings (SSSR count). The molecule has 10 heteroatoms. The number of rotatable bonds is 7. The van der Waals surface area contributed by atoms with Gasteiger partial charge < -0.3 is 20.3 Å². The Kier molecular flexibility index (Phi) is 6.99. The van der Waals surface area contributed by atoms with Crippen LogP contribution in [0.1, 0.15) is 0 Å². The van der Waals surface area contributed by atoms with Gasteiger partial charge in [0.15, 0.2) is 5.96 Å². The lowest BCUT2D eigenvalue weighted by Gasteiger charge is -2.36. The molecule has 0 aliphatic carbocycles. The summed E-state index contributed by atoms with van der Waals surface area (Å²) in [6.07, 6.45) is 1.10. The minimum atomic E-state index is -3.30. The molecule has 0 saturated carbocycles. The highest BCUT2D eigenvalue weighted by Gasteiger charge is 2.18. The third kappa shape index (κ3) is 6.51. The predicted octanol–water partition coefficient (Wildman–Crippen LogP) is 1.71. The van der Waals surface area contributed by atoms with Gasteiger partial charge in [0.1, 0.15) is 18.2 Å². The molecule has 1 fully saturated rings. The Morgan fingerprint density at radius 2 is 1.73 bits per heavy atom. The minimum absolute atomic E-state index is 0.238. The van der Waals surface area contributed by atoms with E-state index < -0.39 is 10.0 Å². The van der Waals surface area contributed by atoms with Gasteiger partial charge in [0, 0.05) is 37.6 Å². The largest absolute Gasteiger partial charge is 0.492 e. The predicted molar refractivity (Wildman–Crippen MR) is 117 cm³/mol. The van der Waals surface area contributed by atoms with E-state index in [1.165, 1.54) is 12.1 Å². The lowest BCUT2D eigenvalue weighted by molar-refractivity contribution is 0.326. The van der Waals surface area contributed by atoms with E-state index in [1.54, 1.807) is 36.4 Å². The molecule has 0 aromatic heterocycles. The fraction of sp³-hybridized carbons (Fsp3) is 0.350. The van der Waals surface area contributed by atoms with Gasteiger partial charge in [-0.15, -0.1) is 0 Å². The zero-order valence-electron chi connectivity index (χ0n) is 16.8. The van der Waals surface area contributed by atoms with Gasteiger partial charge in [-0.2, -0.15) is 0 Å². The molecular weight excluding hydrogens is 409 g/mol. The number of halogens is 1. The molecule has 1 saturated heterocycles. The molecule has 1 aliphatic rings. The van der Waals surface area contributed by atoms with E-state index in [9.17, 15) is 12.8 Å². The summed E-state index contributed by atoms with van der Waals surface area (Å²) in [6, 6.07) is 13.1. The van der Waals surface area contributed by atoms with Crippen molar-refractivity contribution in [3.8, 4) is 5.75 Å². The maximum Gasteiger partial charge on any atom is 0.229 e. The highest BCUT2D eigenvalue weighted by atomic mass is 32.2. The number of piperazine rings is 1. The zero-order valence-corrected chi connectivity index (χ0v) is 17.6. The number of nitrogens with two attached hydrogens (primary N) is 1. The van der Waals surface area contributed by atoms with Crippen molar-refractivity contribution < 1.29 is 17.5 Å². The number of nitrogens with zero attached hydrogens (tertiary/aromatic N) is 3. The molecule has 0 unspecified atom stereocenters. The zero-order chi connectivity index (χ0) is 21.6. The standard InChI is InChI=1S/C20H26FN5O3S/c1-30(27,28)24-17-4-8-19(9-5-17)29-15-10-23-20(22)26-13-11-25(12-14-26)18-6-2-16(21)3-7-18/h2-9,24H,10-15H2,1H3,(H2,22,23). The number of nitrogens with one attached hydrogen (secondary N) is 1. The summed E-state index contributed by atoms with van der Waals surface area (Å²) >= 11 is 0. The maximum atomic E-state index is 13.1. The van der Waals surface area contributed by atoms with Crippen molar-refractivity contribution in [2.45, 2.75) is 0 Å². The molecule has 0 radical (unpaired) electrons. The van der Waals surface area contributed by atoms with E-state index in [1.807, 2.05) is 4.90 Å². The number of hydrogen-bond acceptors (Lipinski definition) is 5. The number of sulfonamides is 1. The van der Waals surface area contributed by atoms with Crippen molar-refractivity contribution in [2.75, 3.05) is 55.2 Å². The van der Waals surface area contributed by atoms with Crippen molar-refractivity contribution in [1.82, 2.24) is 4.90 Å². The van der Waals surface area contributed by atoms with Crippen LogP contribution in [0.2, 0.25) is 0 Å². The molecule has 0 amide bonds. The Bertz CT molecular complexity index is 957. The second-order valence-electron chi connectivity index (χ2n) is 6.94. The van der Waals surface area contributed by atoms with Gasteiger partial charge in [-0.25, -0.2) is 17.8 Å². The van der Waals surface area contributed by atoms with Crippen LogP contribution < -0.4 is 20.1 Å². The van der Waals surface area contributed by atoms with Gasteiger partial charge in [-0.1, -0.05) is 0 Å². The van der Waals surface area contributed by atoms with Gasteiger partial charge in [0.2, 0.25) is 10.0 Å². The van der Waals surface area contributed by atoms with Gasteiger partial charge in [-0.3, -0.25) is 4.72 Å². The summed E-state index contributed by atoms with van der Waals surface area (Å²) in [5, 5.41) is 0.